The van der Waals surface area contributed by atoms with Crippen molar-refractivity contribution in [3.63, 3.8) is 0 Å². The van der Waals surface area contributed by atoms with Crippen LogP contribution in [-0.2, 0) is 20.9 Å². The van der Waals surface area contributed by atoms with Gasteiger partial charge in [-0.3, -0.25) is 19.0 Å². The summed E-state index contributed by atoms with van der Waals surface area (Å²) >= 11 is 1.30. The Morgan fingerprint density at radius 3 is 2.70 bits per heavy atom. The zero-order valence-electron chi connectivity index (χ0n) is 16.1. The molecule has 10 heteroatoms. The number of ether oxygens (including phenoxy) is 2. The average molecular weight is 428 g/mol. The Hall–Kier alpha value is -3.24. The molecular formula is C20H20N4O5S. The Balaban J connectivity index is 1.30. The van der Waals surface area contributed by atoms with Crippen molar-refractivity contribution < 1.29 is 19.1 Å². The number of amides is 2. The minimum Gasteiger partial charge on any atom is -0.484 e. The number of fused-ring (bicyclic) bond motifs is 1. The van der Waals surface area contributed by atoms with E-state index in [4.69, 9.17) is 9.47 Å². The highest BCUT2D eigenvalue weighted by Gasteiger charge is 2.17. The van der Waals surface area contributed by atoms with Crippen LogP contribution in [0.25, 0.3) is 10.2 Å². The molecule has 0 spiro atoms. The van der Waals surface area contributed by atoms with Crippen LogP contribution in [0, 0.1) is 0 Å². The molecule has 0 radical (unpaired) electrons. The topological polar surface area (TPSA) is 103 Å². The number of nitrogens with zero attached hydrogens (tertiary/aromatic N) is 3. The third-order valence-electron chi connectivity index (χ3n) is 4.61. The second-order valence-corrected chi connectivity index (χ2v) is 7.58. The van der Waals surface area contributed by atoms with Crippen molar-refractivity contribution in [1.29, 1.82) is 0 Å². The van der Waals surface area contributed by atoms with Crippen LogP contribution in [0.3, 0.4) is 0 Å². The monoisotopic (exact) mass is 428 g/mol. The van der Waals surface area contributed by atoms with Gasteiger partial charge in [0.05, 0.1) is 25.1 Å². The van der Waals surface area contributed by atoms with Crippen LogP contribution in [0.4, 0.5) is 5.69 Å². The van der Waals surface area contributed by atoms with Crippen molar-refractivity contribution in [3.8, 4) is 5.75 Å². The molecule has 0 aliphatic carbocycles. The summed E-state index contributed by atoms with van der Waals surface area (Å²) in [7, 11) is 0. The molecule has 0 unspecified atom stereocenters. The summed E-state index contributed by atoms with van der Waals surface area (Å²) in [5.41, 5.74) is 0.952. The lowest BCUT2D eigenvalue weighted by Crippen LogP contribution is -2.42. The predicted molar refractivity (Wildman–Crippen MR) is 112 cm³/mol. The maximum absolute atomic E-state index is 12.4. The molecule has 1 aliphatic rings. The highest BCUT2D eigenvalue weighted by atomic mass is 32.1. The van der Waals surface area contributed by atoms with Crippen LogP contribution in [0.2, 0.25) is 0 Å². The first-order chi connectivity index (χ1) is 14.6. The van der Waals surface area contributed by atoms with Gasteiger partial charge in [-0.05, 0) is 35.7 Å². The number of benzene rings is 1. The van der Waals surface area contributed by atoms with Gasteiger partial charge in [-0.2, -0.15) is 0 Å². The first kappa shape index (κ1) is 20.0. The molecule has 1 aliphatic heterocycles. The van der Waals surface area contributed by atoms with Crippen molar-refractivity contribution in [1.82, 2.24) is 14.5 Å². The largest absolute Gasteiger partial charge is 0.484 e. The molecule has 3 heterocycles. The molecule has 3 aromatic rings. The van der Waals surface area contributed by atoms with E-state index in [1.807, 2.05) is 0 Å². The quantitative estimate of drug-likeness (QED) is 0.636. The van der Waals surface area contributed by atoms with Crippen LogP contribution in [0.1, 0.15) is 0 Å². The van der Waals surface area contributed by atoms with Gasteiger partial charge in [0.1, 0.15) is 17.0 Å². The third kappa shape index (κ3) is 4.66. The van der Waals surface area contributed by atoms with Gasteiger partial charge in [-0.15, -0.1) is 11.3 Å². The molecule has 1 N–H and O–H groups in total. The second kappa shape index (κ2) is 9.06. The van der Waals surface area contributed by atoms with Crippen LogP contribution in [-0.4, -0.2) is 59.2 Å². The van der Waals surface area contributed by atoms with Gasteiger partial charge in [0.25, 0.3) is 11.5 Å². The number of carbonyl (C=O) groups is 2. The van der Waals surface area contributed by atoms with E-state index in [-0.39, 0.29) is 30.5 Å². The van der Waals surface area contributed by atoms with Gasteiger partial charge in [-0.1, -0.05) is 0 Å². The fourth-order valence-corrected chi connectivity index (χ4v) is 3.82. The summed E-state index contributed by atoms with van der Waals surface area (Å²) in [5, 5.41) is 4.53. The minimum atomic E-state index is -0.342. The van der Waals surface area contributed by atoms with E-state index in [1.165, 1.54) is 22.2 Å². The lowest BCUT2D eigenvalue weighted by Gasteiger charge is -2.26. The van der Waals surface area contributed by atoms with Gasteiger partial charge >= 0.3 is 0 Å². The Kier molecular flexibility index (Phi) is 6.05. The van der Waals surface area contributed by atoms with E-state index in [0.717, 1.165) is 0 Å². The van der Waals surface area contributed by atoms with E-state index >= 15 is 0 Å². The number of morpholine rings is 1. The summed E-state index contributed by atoms with van der Waals surface area (Å²) in [5.74, 6) is 0.0987. The number of nitrogens with one attached hydrogen (secondary N) is 1. The fraction of sp³-hybridized carbons (Fsp3) is 0.300. The molecule has 0 saturated carbocycles. The molecule has 2 amide bonds. The molecule has 0 atom stereocenters. The van der Waals surface area contributed by atoms with Crippen LogP contribution < -0.4 is 15.6 Å². The molecule has 1 aromatic carbocycles. The fourth-order valence-electron chi connectivity index (χ4n) is 3.03. The van der Waals surface area contributed by atoms with Crippen molar-refractivity contribution >= 4 is 39.1 Å². The Bertz CT molecular complexity index is 1100. The number of anilines is 1. The van der Waals surface area contributed by atoms with Crippen LogP contribution in [0.15, 0.2) is 46.8 Å². The van der Waals surface area contributed by atoms with Gasteiger partial charge in [0.2, 0.25) is 5.91 Å². The van der Waals surface area contributed by atoms with Crippen molar-refractivity contribution in [2.45, 2.75) is 6.54 Å². The normalized spacial score (nSPS) is 13.9. The minimum absolute atomic E-state index is 0.0488. The van der Waals surface area contributed by atoms with E-state index in [2.05, 4.69) is 10.3 Å². The van der Waals surface area contributed by atoms with E-state index in [0.29, 0.717) is 48.0 Å². The number of thiophene rings is 1. The second-order valence-electron chi connectivity index (χ2n) is 6.67. The number of carbonyl (C=O) groups excluding carboxylic acids is 2. The number of hydrogen-bond acceptors (Lipinski definition) is 7. The smallest absolute Gasteiger partial charge is 0.271 e. The maximum Gasteiger partial charge on any atom is 0.271 e. The van der Waals surface area contributed by atoms with E-state index < -0.39 is 0 Å². The molecule has 4 rings (SSSR count). The molecular weight excluding hydrogens is 408 g/mol. The highest BCUT2D eigenvalue weighted by Crippen LogP contribution is 2.16. The molecule has 1 fully saturated rings. The molecule has 9 nitrogen and oxygen atoms in total. The SMILES string of the molecule is O=C(Cn1cnc2ccsc2c1=O)Nc1ccc(OCC(=O)N2CCOCC2)cc1. The van der Waals surface area contributed by atoms with Crippen LogP contribution >= 0.6 is 11.3 Å². The average Bonchev–Trinajstić information content (AvgIpc) is 3.25. The molecule has 1 saturated heterocycles. The molecule has 30 heavy (non-hydrogen) atoms. The Morgan fingerprint density at radius 1 is 1.17 bits per heavy atom. The first-order valence-electron chi connectivity index (χ1n) is 9.41. The zero-order valence-corrected chi connectivity index (χ0v) is 16.9. The van der Waals surface area contributed by atoms with Crippen molar-refractivity contribution in [2.75, 3.05) is 38.2 Å². The molecule has 156 valence electrons. The lowest BCUT2D eigenvalue weighted by molar-refractivity contribution is -0.137. The summed E-state index contributed by atoms with van der Waals surface area (Å²) in [4.78, 5) is 42.7. The summed E-state index contributed by atoms with van der Waals surface area (Å²) in [6, 6.07) is 8.47. The maximum atomic E-state index is 12.4. The molecule has 0 bridgehead atoms. The summed E-state index contributed by atoms with van der Waals surface area (Å²) < 4.78 is 12.6. The van der Waals surface area contributed by atoms with Gasteiger partial charge in [0, 0.05) is 18.8 Å². The standard InChI is InChI=1S/C20H20N4O5S/c25-17(11-24-13-21-16-5-10-30-19(16)20(24)27)22-14-1-3-15(4-2-14)29-12-18(26)23-6-8-28-9-7-23/h1-5,10,13H,6-9,11-12H2,(H,22,25). The third-order valence-corrected chi connectivity index (χ3v) is 5.51. The zero-order chi connectivity index (χ0) is 20.9. The number of hydrogen-bond donors (Lipinski definition) is 1. The Labute approximate surface area is 175 Å². The van der Waals surface area contributed by atoms with Crippen LogP contribution in [0.5, 0.6) is 5.75 Å². The first-order valence-corrected chi connectivity index (χ1v) is 10.3. The Morgan fingerprint density at radius 2 is 1.93 bits per heavy atom. The van der Waals surface area contributed by atoms with E-state index in [9.17, 15) is 14.4 Å². The van der Waals surface area contributed by atoms with Crippen molar-refractivity contribution in [3.05, 3.63) is 52.4 Å². The van der Waals surface area contributed by atoms with Gasteiger partial charge < -0.3 is 19.7 Å². The predicted octanol–water partition coefficient (Wildman–Crippen LogP) is 1.33. The summed E-state index contributed by atoms with van der Waals surface area (Å²) in [6.07, 6.45) is 1.37. The number of aromatic nitrogens is 2. The molecule has 2 aromatic heterocycles. The highest BCUT2D eigenvalue weighted by molar-refractivity contribution is 7.17. The lowest BCUT2D eigenvalue weighted by atomic mass is 10.3. The summed E-state index contributed by atoms with van der Waals surface area (Å²) in [6.45, 7) is 2.06. The number of rotatable bonds is 6. The van der Waals surface area contributed by atoms with Gasteiger partial charge in [-0.25, -0.2) is 4.98 Å². The van der Waals surface area contributed by atoms with Crippen molar-refractivity contribution in [2.24, 2.45) is 0 Å². The van der Waals surface area contributed by atoms with E-state index in [1.54, 1.807) is 40.6 Å². The van der Waals surface area contributed by atoms with Gasteiger partial charge in [0.15, 0.2) is 6.61 Å².